The molecule has 0 unspecified atom stereocenters. The van der Waals surface area contributed by atoms with Crippen LogP contribution in [0.25, 0.3) is 0 Å². The molecule has 0 aliphatic rings. The number of aromatic nitrogens is 2. The van der Waals surface area contributed by atoms with Gasteiger partial charge in [-0.25, -0.2) is 8.42 Å². The van der Waals surface area contributed by atoms with E-state index in [4.69, 9.17) is 0 Å². The number of hydrogen-bond donors (Lipinski definition) is 1. The zero-order chi connectivity index (χ0) is 11.7. The van der Waals surface area contributed by atoms with Crippen LogP contribution >= 0.6 is 15.9 Å². The summed E-state index contributed by atoms with van der Waals surface area (Å²) in [6.07, 6.45) is 1.42. The van der Waals surface area contributed by atoms with Crippen molar-refractivity contribution in [1.82, 2.24) is 14.5 Å². The molecule has 1 aromatic rings. The fraction of sp³-hybridized carbons (Fsp3) is 0.625. The maximum Gasteiger partial charge on any atom is 0.260 e. The molecule has 0 aliphatic carbocycles. The lowest BCUT2D eigenvalue weighted by molar-refractivity contribution is 0.298. The van der Waals surface area contributed by atoms with Crippen molar-refractivity contribution in [3.05, 3.63) is 12.3 Å². The molecule has 0 fully saturated rings. The Balaban J connectivity index is 3.09. The summed E-state index contributed by atoms with van der Waals surface area (Å²) in [5.74, 6) is 0. The molecule has 1 rings (SSSR count). The first-order valence-corrected chi connectivity index (χ1v) is 6.93. The minimum atomic E-state index is -3.48. The fourth-order valence-corrected chi connectivity index (χ4v) is 2.90. The van der Waals surface area contributed by atoms with Crippen molar-refractivity contribution in [3.63, 3.8) is 0 Å². The summed E-state index contributed by atoms with van der Waals surface area (Å²) in [6.45, 7) is 3.69. The molecule has 0 aromatic carbocycles. The quantitative estimate of drug-likeness (QED) is 0.849. The second-order valence-electron chi connectivity index (χ2n) is 3.84. The minimum absolute atomic E-state index is 0.110. The molecular weight excluding hydrogens is 282 g/mol. The Morgan fingerprint density at radius 2 is 2.20 bits per heavy atom. The minimum Gasteiger partial charge on any atom is -0.266 e. The highest BCUT2D eigenvalue weighted by Crippen LogP contribution is 2.22. The number of nitrogens with zero attached hydrogens (tertiary/aromatic N) is 2. The van der Waals surface area contributed by atoms with Crippen molar-refractivity contribution < 1.29 is 8.42 Å². The van der Waals surface area contributed by atoms with Crippen molar-refractivity contribution in [2.24, 2.45) is 0 Å². The number of sulfonamides is 1. The van der Waals surface area contributed by atoms with Crippen LogP contribution in [0.2, 0.25) is 0 Å². The third kappa shape index (κ3) is 2.40. The molecule has 0 radical (unpaired) electrons. The Bertz CT molecular complexity index is 413. The van der Waals surface area contributed by atoms with E-state index in [1.54, 1.807) is 7.05 Å². The van der Waals surface area contributed by atoms with Crippen molar-refractivity contribution >= 4 is 26.0 Å². The van der Waals surface area contributed by atoms with Gasteiger partial charge >= 0.3 is 0 Å². The third-order valence-electron chi connectivity index (χ3n) is 2.29. The molecule has 0 atom stereocenters. The predicted molar refractivity (Wildman–Crippen MR) is 61.4 cm³/mol. The van der Waals surface area contributed by atoms with Crippen LogP contribution < -0.4 is 0 Å². The van der Waals surface area contributed by atoms with Crippen molar-refractivity contribution in [1.29, 1.82) is 0 Å². The lowest BCUT2D eigenvalue weighted by Crippen LogP contribution is -2.46. The summed E-state index contributed by atoms with van der Waals surface area (Å²) in [5.41, 5.74) is -0.482. The second-order valence-corrected chi connectivity index (χ2v) is 6.34. The van der Waals surface area contributed by atoms with Gasteiger partial charge in [0.1, 0.15) is 0 Å². The van der Waals surface area contributed by atoms with Gasteiger partial charge in [0.15, 0.2) is 5.03 Å². The summed E-state index contributed by atoms with van der Waals surface area (Å²) in [5, 5.41) is 6.77. The zero-order valence-corrected chi connectivity index (χ0v) is 11.3. The smallest absolute Gasteiger partial charge is 0.260 e. The molecule has 5 nitrogen and oxygen atoms in total. The molecule has 7 heteroatoms. The third-order valence-corrected chi connectivity index (χ3v) is 5.66. The Labute approximate surface area is 98.0 Å². The van der Waals surface area contributed by atoms with Crippen LogP contribution in [-0.4, -0.2) is 40.8 Å². The molecular formula is C8H14BrN3O2S. The number of nitrogens with one attached hydrogen (secondary N) is 1. The number of hydrogen-bond acceptors (Lipinski definition) is 3. The van der Waals surface area contributed by atoms with Gasteiger partial charge in [-0.05, 0) is 19.9 Å². The van der Waals surface area contributed by atoms with Gasteiger partial charge in [-0.2, -0.15) is 9.40 Å². The molecule has 0 saturated heterocycles. The number of halogens is 1. The van der Waals surface area contributed by atoms with Crippen LogP contribution in [0.4, 0.5) is 0 Å². The van der Waals surface area contributed by atoms with Gasteiger partial charge in [0.2, 0.25) is 0 Å². The summed E-state index contributed by atoms with van der Waals surface area (Å²) < 4.78 is 25.4. The van der Waals surface area contributed by atoms with Gasteiger partial charge in [0.25, 0.3) is 10.0 Å². The van der Waals surface area contributed by atoms with Gasteiger partial charge in [-0.15, -0.1) is 0 Å². The molecule has 0 bridgehead atoms. The van der Waals surface area contributed by atoms with Crippen molar-refractivity contribution in [2.45, 2.75) is 24.4 Å². The van der Waals surface area contributed by atoms with E-state index >= 15 is 0 Å². The maximum absolute atomic E-state index is 12.0. The predicted octanol–water partition coefficient (Wildman–Crippen LogP) is 1.20. The highest BCUT2D eigenvalue weighted by atomic mass is 79.9. The lowest BCUT2D eigenvalue weighted by Gasteiger charge is -2.32. The molecule has 0 aliphatic heterocycles. The average Bonchev–Trinajstić information content (AvgIpc) is 2.69. The lowest BCUT2D eigenvalue weighted by atomic mass is 10.1. The van der Waals surface area contributed by atoms with E-state index in [0.717, 1.165) is 0 Å². The number of rotatable bonds is 4. The van der Waals surface area contributed by atoms with Crippen LogP contribution in [0.5, 0.6) is 0 Å². The normalized spacial score (nSPS) is 13.4. The highest BCUT2D eigenvalue weighted by molar-refractivity contribution is 9.09. The van der Waals surface area contributed by atoms with Crippen LogP contribution in [-0.2, 0) is 10.0 Å². The van der Waals surface area contributed by atoms with Gasteiger partial charge in [0, 0.05) is 17.9 Å². The molecule has 0 amide bonds. The summed E-state index contributed by atoms with van der Waals surface area (Å²) >= 11 is 3.30. The average molecular weight is 296 g/mol. The highest BCUT2D eigenvalue weighted by Gasteiger charge is 2.33. The first kappa shape index (κ1) is 12.7. The van der Waals surface area contributed by atoms with Gasteiger partial charge in [-0.3, -0.25) is 5.10 Å². The van der Waals surface area contributed by atoms with E-state index in [9.17, 15) is 8.42 Å². The van der Waals surface area contributed by atoms with E-state index in [1.165, 1.54) is 16.6 Å². The van der Waals surface area contributed by atoms with Gasteiger partial charge < -0.3 is 0 Å². The van der Waals surface area contributed by atoms with E-state index in [1.807, 2.05) is 13.8 Å². The Hall–Kier alpha value is -0.400. The molecule has 0 saturated carbocycles. The Morgan fingerprint density at radius 1 is 1.60 bits per heavy atom. The van der Waals surface area contributed by atoms with E-state index in [2.05, 4.69) is 26.1 Å². The molecule has 15 heavy (non-hydrogen) atoms. The molecule has 1 heterocycles. The van der Waals surface area contributed by atoms with Crippen molar-refractivity contribution in [3.8, 4) is 0 Å². The molecule has 86 valence electrons. The Morgan fingerprint density at radius 3 is 2.60 bits per heavy atom. The first-order chi connectivity index (χ1) is 6.82. The zero-order valence-electron chi connectivity index (χ0n) is 8.86. The summed E-state index contributed by atoms with van der Waals surface area (Å²) in [6, 6.07) is 1.44. The van der Waals surface area contributed by atoms with E-state index in [-0.39, 0.29) is 5.03 Å². The SMILES string of the molecule is CN(C(C)(C)CBr)S(=O)(=O)c1ccn[nH]1. The van der Waals surface area contributed by atoms with E-state index in [0.29, 0.717) is 5.33 Å². The maximum atomic E-state index is 12.0. The fourth-order valence-electron chi connectivity index (χ4n) is 0.944. The van der Waals surface area contributed by atoms with Gasteiger partial charge in [-0.1, -0.05) is 15.9 Å². The van der Waals surface area contributed by atoms with Crippen molar-refractivity contribution in [2.75, 3.05) is 12.4 Å². The summed E-state index contributed by atoms with van der Waals surface area (Å²) in [7, 11) is -1.93. The van der Waals surface area contributed by atoms with Crippen LogP contribution in [0, 0.1) is 0 Å². The largest absolute Gasteiger partial charge is 0.266 e. The Kier molecular flexibility index (Phi) is 3.57. The topological polar surface area (TPSA) is 66.1 Å². The van der Waals surface area contributed by atoms with Crippen LogP contribution in [0.1, 0.15) is 13.8 Å². The monoisotopic (exact) mass is 295 g/mol. The molecule has 1 N–H and O–H groups in total. The van der Waals surface area contributed by atoms with Crippen LogP contribution in [0.3, 0.4) is 0 Å². The van der Waals surface area contributed by atoms with E-state index < -0.39 is 15.6 Å². The second kappa shape index (κ2) is 4.23. The molecule has 1 aromatic heterocycles. The number of H-pyrrole nitrogens is 1. The van der Waals surface area contributed by atoms with Gasteiger partial charge in [0.05, 0.1) is 6.20 Å². The summed E-state index contributed by atoms with van der Waals surface area (Å²) in [4.78, 5) is 0. The number of aromatic amines is 1. The standard InChI is InChI=1S/C8H14BrN3O2S/c1-8(2,6-9)12(3)15(13,14)7-4-5-10-11-7/h4-5H,6H2,1-3H3,(H,10,11). The number of alkyl halides is 1. The van der Waals surface area contributed by atoms with Crippen LogP contribution in [0.15, 0.2) is 17.3 Å². The first-order valence-electron chi connectivity index (χ1n) is 4.37. The molecule has 0 spiro atoms.